The number of amides is 1. The van der Waals surface area contributed by atoms with Crippen molar-refractivity contribution in [1.82, 2.24) is 30.3 Å². The molecule has 1 aliphatic carbocycles. The van der Waals surface area contributed by atoms with Crippen LogP contribution in [0.1, 0.15) is 61.2 Å². The minimum absolute atomic E-state index is 0.000504. The van der Waals surface area contributed by atoms with Crippen LogP contribution in [0.4, 0.5) is 0 Å². The molecule has 24 heavy (non-hydrogen) atoms. The van der Waals surface area contributed by atoms with Crippen LogP contribution in [0.3, 0.4) is 0 Å². The zero-order chi connectivity index (χ0) is 16.5. The van der Waals surface area contributed by atoms with E-state index in [0.717, 1.165) is 37.2 Å². The maximum atomic E-state index is 12.9. The maximum absolute atomic E-state index is 12.9. The van der Waals surface area contributed by atoms with Crippen molar-refractivity contribution in [2.45, 2.75) is 51.1 Å². The van der Waals surface area contributed by atoms with Crippen LogP contribution < -0.4 is 5.32 Å². The van der Waals surface area contributed by atoms with Crippen molar-refractivity contribution in [3.63, 3.8) is 0 Å². The molecule has 3 heterocycles. The molecule has 0 radical (unpaired) electrons. The first-order valence-electron chi connectivity index (χ1n) is 8.63. The number of nitrogens with zero attached hydrogens (tertiary/aromatic N) is 4. The van der Waals surface area contributed by atoms with Crippen LogP contribution in [-0.2, 0) is 17.8 Å². The van der Waals surface area contributed by atoms with Gasteiger partial charge in [-0.25, -0.2) is 4.98 Å². The Morgan fingerprint density at radius 3 is 3.08 bits per heavy atom. The summed E-state index contributed by atoms with van der Waals surface area (Å²) in [7, 11) is 0. The molecule has 1 amide bonds. The maximum Gasteiger partial charge on any atom is 0.246 e. The van der Waals surface area contributed by atoms with E-state index in [2.05, 4.69) is 25.4 Å². The van der Waals surface area contributed by atoms with Crippen LogP contribution in [0.15, 0.2) is 10.9 Å². The molecule has 4 rings (SSSR count). The van der Waals surface area contributed by atoms with Gasteiger partial charge in [-0.05, 0) is 19.8 Å². The summed E-state index contributed by atoms with van der Waals surface area (Å²) in [4.78, 5) is 26.6. The van der Waals surface area contributed by atoms with Gasteiger partial charge < -0.3 is 19.7 Å². The second-order valence-electron chi connectivity index (χ2n) is 6.43. The zero-order valence-corrected chi connectivity index (χ0v) is 13.8. The van der Waals surface area contributed by atoms with Crippen LogP contribution in [0.5, 0.6) is 0 Å². The number of imidazole rings is 1. The van der Waals surface area contributed by atoms with Crippen LogP contribution in [0.2, 0.25) is 0 Å². The fraction of sp³-hybridized carbons (Fsp3) is 0.625. The van der Waals surface area contributed by atoms with Crippen molar-refractivity contribution in [3.8, 4) is 0 Å². The van der Waals surface area contributed by atoms with Gasteiger partial charge in [-0.1, -0.05) is 11.6 Å². The van der Waals surface area contributed by atoms with E-state index < -0.39 is 6.04 Å². The highest BCUT2D eigenvalue weighted by atomic mass is 16.5. The summed E-state index contributed by atoms with van der Waals surface area (Å²) < 4.78 is 5.35. The largest absolute Gasteiger partial charge is 0.348 e. The Balaban J connectivity index is 1.47. The standard InChI is InChI=1S/C16H22N6O2/c1-2-22(8-12-20-15(24-21-12)10-4-3-5-10)16(23)14-13-11(6-7-17-14)18-9-19-13/h9-10,14,17H,2-8H2,1H3,(H,18,19)/t14-/m0/s1. The second kappa shape index (κ2) is 6.35. The first kappa shape index (κ1) is 15.3. The fourth-order valence-corrected chi connectivity index (χ4v) is 3.27. The van der Waals surface area contributed by atoms with Crippen LogP contribution in [-0.4, -0.2) is 44.0 Å². The lowest BCUT2D eigenvalue weighted by atomic mass is 9.85. The summed E-state index contributed by atoms with van der Waals surface area (Å²) in [6, 6.07) is -0.405. The van der Waals surface area contributed by atoms with Crippen molar-refractivity contribution in [2.24, 2.45) is 0 Å². The highest BCUT2D eigenvalue weighted by Gasteiger charge is 2.32. The quantitative estimate of drug-likeness (QED) is 0.857. The van der Waals surface area contributed by atoms with E-state index in [4.69, 9.17) is 4.52 Å². The molecule has 2 aromatic rings. The lowest BCUT2D eigenvalue weighted by Gasteiger charge is -2.28. The summed E-state index contributed by atoms with van der Waals surface area (Å²) in [6.07, 6.45) is 5.97. The third-order valence-corrected chi connectivity index (χ3v) is 4.96. The number of aromatic amines is 1. The third-order valence-electron chi connectivity index (χ3n) is 4.96. The zero-order valence-electron chi connectivity index (χ0n) is 13.8. The molecule has 1 aliphatic heterocycles. The Morgan fingerprint density at radius 2 is 2.33 bits per heavy atom. The number of rotatable bonds is 5. The van der Waals surface area contributed by atoms with Gasteiger partial charge in [0, 0.05) is 31.1 Å². The minimum Gasteiger partial charge on any atom is -0.348 e. The molecule has 8 nitrogen and oxygen atoms in total. The van der Waals surface area contributed by atoms with Crippen molar-refractivity contribution in [2.75, 3.05) is 13.1 Å². The molecule has 1 atom stereocenters. The first-order valence-corrected chi connectivity index (χ1v) is 8.63. The average molecular weight is 330 g/mol. The normalized spacial score (nSPS) is 20.5. The molecule has 2 aliphatic rings. The molecule has 0 aromatic carbocycles. The number of likely N-dealkylation sites (N-methyl/N-ethyl adjacent to an activating group) is 1. The van der Waals surface area contributed by atoms with E-state index in [9.17, 15) is 4.79 Å². The number of carbonyl (C=O) groups excluding carboxylic acids is 1. The van der Waals surface area contributed by atoms with Gasteiger partial charge in [0.2, 0.25) is 11.8 Å². The smallest absolute Gasteiger partial charge is 0.246 e. The molecule has 1 fully saturated rings. The molecule has 2 N–H and O–H groups in total. The molecule has 8 heteroatoms. The Kier molecular flexibility index (Phi) is 4.05. The number of H-pyrrole nitrogens is 1. The van der Waals surface area contributed by atoms with Gasteiger partial charge >= 0.3 is 0 Å². The van der Waals surface area contributed by atoms with Crippen molar-refractivity contribution in [1.29, 1.82) is 0 Å². The molecule has 0 spiro atoms. The molecule has 128 valence electrons. The molecular formula is C16H22N6O2. The van der Waals surface area contributed by atoms with Crippen molar-refractivity contribution < 1.29 is 9.32 Å². The predicted octanol–water partition coefficient (Wildman–Crippen LogP) is 1.30. The molecule has 1 saturated carbocycles. The van der Waals surface area contributed by atoms with E-state index in [1.54, 1.807) is 11.2 Å². The van der Waals surface area contributed by atoms with Crippen molar-refractivity contribution >= 4 is 5.91 Å². The SMILES string of the molecule is CCN(Cc1noc(C2CCC2)n1)C(=O)[C@H]1NCCc2[nH]cnc21. The van der Waals surface area contributed by atoms with E-state index in [1.807, 2.05) is 6.92 Å². The Morgan fingerprint density at radius 1 is 1.46 bits per heavy atom. The highest BCUT2D eigenvalue weighted by Crippen LogP contribution is 2.35. The summed E-state index contributed by atoms with van der Waals surface area (Å²) in [5, 5.41) is 7.31. The van der Waals surface area contributed by atoms with Gasteiger partial charge in [-0.3, -0.25) is 4.79 Å². The Bertz CT molecular complexity index is 720. The summed E-state index contributed by atoms with van der Waals surface area (Å²) in [5.41, 5.74) is 1.84. The van der Waals surface area contributed by atoms with Gasteiger partial charge in [0.25, 0.3) is 0 Å². The van der Waals surface area contributed by atoms with Gasteiger partial charge in [0.15, 0.2) is 5.82 Å². The van der Waals surface area contributed by atoms with Gasteiger partial charge in [-0.15, -0.1) is 0 Å². The lowest BCUT2D eigenvalue weighted by Crippen LogP contribution is -2.43. The number of aromatic nitrogens is 4. The number of fused-ring (bicyclic) bond motifs is 1. The van der Waals surface area contributed by atoms with Gasteiger partial charge in [0.1, 0.15) is 6.04 Å². The molecule has 0 bridgehead atoms. The third kappa shape index (κ3) is 2.71. The number of hydrogen-bond donors (Lipinski definition) is 2. The van der Waals surface area contributed by atoms with Crippen molar-refractivity contribution in [3.05, 3.63) is 29.4 Å². The second-order valence-corrected chi connectivity index (χ2v) is 6.43. The predicted molar refractivity (Wildman–Crippen MR) is 85.0 cm³/mol. The first-order chi connectivity index (χ1) is 11.8. The topological polar surface area (TPSA) is 99.9 Å². The summed E-state index contributed by atoms with van der Waals surface area (Å²) in [6.45, 7) is 3.67. The van der Waals surface area contributed by atoms with E-state index >= 15 is 0 Å². The lowest BCUT2D eigenvalue weighted by molar-refractivity contribution is -0.134. The minimum atomic E-state index is -0.405. The summed E-state index contributed by atoms with van der Waals surface area (Å²) in [5.74, 6) is 1.69. The number of nitrogens with one attached hydrogen (secondary N) is 2. The number of hydrogen-bond acceptors (Lipinski definition) is 6. The van der Waals surface area contributed by atoms with E-state index in [1.165, 1.54) is 6.42 Å². The average Bonchev–Trinajstić information content (AvgIpc) is 3.19. The number of carbonyl (C=O) groups is 1. The Hall–Kier alpha value is -2.22. The highest BCUT2D eigenvalue weighted by molar-refractivity contribution is 5.83. The van der Waals surface area contributed by atoms with Crippen LogP contribution in [0.25, 0.3) is 0 Å². The van der Waals surface area contributed by atoms with Crippen LogP contribution >= 0.6 is 0 Å². The monoisotopic (exact) mass is 330 g/mol. The van der Waals surface area contributed by atoms with Gasteiger partial charge in [0.05, 0.1) is 18.6 Å². The molecule has 0 saturated heterocycles. The summed E-state index contributed by atoms with van der Waals surface area (Å²) >= 11 is 0. The van der Waals surface area contributed by atoms with Gasteiger partial charge in [-0.2, -0.15) is 4.98 Å². The molecular weight excluding hydrogens is 308 g/mol. The fourth-order valence-electron chi connectivity index (χ4n) is 3.27. The molecule has 2 aromatic heterocycles. The van der Waals surface area contributed by atoms with E-state index in [-0.39, 0.29) is 5.91 Å². The van der Waals surface area contributed by atoms with Crippen LogP contribution in [0, 0.1) is 0 Å². The molecule has 0 unspecified atom stereocenters. The van der Waals surface area contributed by atoms with E-state index in [0.29, 0.717) is 30.7 Å². The Labute approximate surface area is 140 Å².